The maximum atomic E-state index is 12.1. The second-order valence-corrected chi connectivity index (χ2v) is 4.01. The van der Waals surface area contributed by atoms with Gasteiger partial charge in [0.2, 0.25) is 5.96 Å². The number of amides is 3. The number of nitrogens with two attached hydrogens (primary N) is 2. The summed E-state index contributed by atoms with van der Waals surface area (Å²) in [5.41, 5.74) is 11.5. The lowest BCUT2D eigenvalue weighted by Crippen LogP contribution is -2.39. The molecule has 0 aliphatic rings. The van der Waals surface area contributed by atoms with Crippen LogP contribution in [0.25, 0.3) is 0 Å². The summed E-state index contributed by atoms with van der Waals surface area (Å²) in [4.78, 5) is 28.3. The van der Waals surface area contributed by atoms with Gasteiger partial charge in [0, 0.05) is 18.7 Å². The molecule has 1 aromatic rings. The average molecular weight is 314 g/mol. The summed E-state index contributed by atoms with van der Waals surface area (Å²) in [6, 6.07) is 5.84. The molecule has 8 heteroatoms. The molecule has 0 saturated carbocycles. The number of nitrogens with zero attached hydrogens (tertiary/aromatic N) is 2. The van der Waals surface area contributed by atoms with Crippen molar-refractivity contribution in [1.82, 2.24) is 10.2 Å². The summed E-state index contributed by atoms with van der Waals surface area (Å²) in [6.45, 7) is 5.17. The fourth-order valence-electron chi connectivity index (χ4n) is 1.67. The maximum absolute atomic E-state index is 12.1. The van der Waals surface area contributed by atoms with E-state index in [0.717, 1.165) is 0 Å². The largest absolute Gasteiger partial charge is 0.369 e. The van der Waals surface area contributed by atoms with Crippen LogP contribution in [-0.4, -0.2) is 35.9 Å². The van der Waals surface area contributed by atoms with Crippen molar-refractivity contribution in [2.24, 2.45) is 16.5 Å². The molecule has 0 aliphatic heterocycles. The van der Waals surface area contributed by atoms with Crippen LogP contribution in [-0.2, 0) is 0 Å². The lowest BCUT2D eigenvalue weighted by Gasteiger charge is -2.18. The van der Waals surface area contributed by atoms with Crippen LogP contribution in [0, 0.1) is 0 Å². The summed E-state index contributed by atoms with van der Waals surface area (Å²) < 4.78 is 0. The highest BCUT2D eigenvalue weighted by Gasteiger charge is 2.11. The highest BCUT2D eigenvalue weighted by molar-refractivity contribution is 5.96. The zero-order chi connectivity index (χ0) is 15.1. The molecule has 1 aromatic carbocycles. The zero-order valence-electron chi connectivity index (χ0n) is 12.0. The Bertz CT molecular complexity index is 512. The first-order chi connectivity index (χ1) is 9.47. The normalized spacial score (nSPS) is 10.5. The van der Waals surface area contributed by atoms with E-state index in [1.165, 1.54) is 0 Å². The summed E-state index contributed by atoms with van der Waals surface area (Å²) in [5, 5.41) is 2.16. The number of carbonyl (C=O) groups excluding carboxylic acids is 2. The number of aliphatic imine (C=N–C) groups is 1. The molecule has 0 aliphatic carbocycles. The van der Waals surface area contributed by atoms with E-state index in [2.05, 4.69) is 10.3 Å². The first kappa shape index (κ1) is 18.7. The fourth-order valence-corrected chi connectivity index (χ4v) is 1.67. The average Bonchev–Trinajstić information content (AvgIpc) is 2.39. The van der Waals surface area contributed by atoms with E-state index in [-0.39, 0.29) is 24.3 Å². The van der Waals surface area contributed by atoms with Crippen LogP contribution in [0.1, 0.15) is 24.2 Å². The van der Waals surface area contributed by atoms with Gasteiger partial charge in [-0.15, -0.1) is 12.4 Å². The first-order valence-electron chi connectivity index (χ1n) is 6.27. The molecule has 0 atom stereocenters. The molecule has 21 heavy (non-hydrogen) atoms. The van der Waals surface area contributed by atoms with Gasteiger partial charge in [-0.1, -0.05) is 0 Å². The van der Waals surface area contributed by atoms with Gasteiger partial charge in [-0.3, -0.25) is 10.1 Å². The SMILES string of the molecule is CCN(CC)C(=O)c1ccc(N=C(N)NC(N)=O)cc1.Cl. The Labute approximate surface area is 129 Å². The summed E-state index contributed by atoms with van der Waals surface area (Å²) >= 11 is 0. The van der Waals surface area contributed by atoms with Gasteiger partial charge in [-0.25, -0.2) is 9.79 Å². The van der Waals surface area contributed by atoms with E-state index in [1.54, 1.807) is 29.2 Å². The molecule has 0 fully saturated rings. The molecule has 0 aromatic heterocycles. The first-order valence-corrected chi connectivity index (χ1v) is 6.27. The molecule has 0 unspecified atom stereocenters. The minimum atomic E-state index is -0.778. The topological polar surface area (TPSA) is 114 Å². The Kier molecular flexibility index (Phi) is 7.85. The summed E-state index contributed by atoms with van der Waals surface area (Å²) in [7, 11) is 0. The van der Waals surface area contributed by atoms with Gasteiger partial charge in [0.25, 0.3) is 5.91 Å². The van der Waals surface area contributed by atoms with Crippen molar-refractivity contribution < 1.29 is 9.59 Å². The molecular weight excluding hydrogens is 294 g/mol. The molecule has 0 heterocycles. The van der Waals surface area contributed by atoms with Crippen molar-refractivity contribution in [3.8, 4) is 0 Å². The molecule has 7 nitrogen and oxygen atoms in total. The molecule has 116 valence electrons. The quantitative estimate of drug-likeness (QED) is 0.573. The van der Waals surface area contributed by atoms with E-state index in [0.29, 0.717) is 24.3 Å². The number of urea groups is 1. The second-order valence-electron chi connectivity index (χ2n) is 4.01. The number of halogens is 1. The predicted molar refractivity (Wildman–Crippen MR) is 84.9 cm³/mol. The lowest BCUT2D eigenvalue weighted by atomic mass is 10.2. The Balaban J connectivity index is 0.00000400. The van der Waals surface area contributed by atoms with Crippen molar-refractivity contribution in [2.45, 2.75) is 13.8 Å². The van der Waals surface area contributed by atoms with Crippen LogP contribution in [0.5, 0.6) is 0 Å². The third-order valence-electron chi connectivity index (χ3n) is 2.67. The Morgan fingerprint density at radius 2 is 1.67 bits per heavy atom. The molecule has 5 N–H and O–H groups in total. The fraction of sp³-hybridized carbons (Fsp3) is 0.308. The minimum absolute atomic E-state index is 0. The number of hydrogen-bond donors (Lipinski definition) is 3. The van der Waals surface area contributed by atoms with Gasteiger partial charge in [0.1, 0.15) is 0 Å². The number of guanidine groups is 1. The Morgan fingerprint density at radius 3 is 2.10 bits per heavy atom. The summed E-state index contributed by atoms with van der Waals surface area (Å²) in [5.74, 6) is -0.130. The van der Waals surface area contributed by atoms with E-state index in [4.69, 9.17) is 11.5 Å². The maximum Gasteiger partial charge on any atom is 0.318 e. The van der Waals surface area contributed by atoms with Crippen molar-refractivity contribution in [2.75, 3.05) is 13.1 Å². The van der Waals surface area contributed by atoms with Gasteiger partial charge < -0.3 is 16.4 Å². The molecule has 1 rings (SSSR count). The molecule has 0 radical (unpaired) electrons. The van der Waals surface area contributed by atoms with Crippen LogP contribution in [0.3, 0.4) is 0 Å². The minimum Gasteiger partial charge on any atom is -0.369 e. The monoisotopic (exact) mass is 313 g/mol. The molecular formula is C13H20ClN5O2. The van der Waals surface area contributed by atoms with Gasteiger partial charge in [-0.2, -0.15) is 0 Å². The van der Waals surface area contributed by atoms with Crippen LogP contribution in [0.4, 0.5) is 10.5 Å². The van der Waals surface area contributed by atoms with Crippen molar-refractivity contribution in [3.05, 3.63) is 29.8 Å². The number of primary amides is 1. The van der Waals surface area contributed by atoms with E-state index < -0.39 is 6.03 Å². The number of hydrogen-bond acceptors (Lipinski definition) is 3. The third-order valence-corrected chi connectivity index (χ3v) is 2.67. The van der Waals surface area contributed by atoms with Crippen LogP contribution in [0.2, 0.25) is 0 Å². The molecule has 3 amide bonds. The standard InChI is InChI=1S/C13H19N5O2.ClH/c1-3-18(4-2)11(19)9-5-7-10(8-6-9)16-12(14)17-13(15)20;/h5-8H,3-4H2,1-2H3,(H5,14,15,16,17,20);1H. The van der Waals surface area contributed by atoms with Crippen molar-refractivity contribution in [1.29, 1.82) is 0 Å². The molecule has 0 spiro atoms. The number of carbonyl (C=O) groups is 2. The lowest BCUT2D eigenvalue weighted by molar-refractivity contribution is 0.0773. The smallest absolute Gasteiger partial charge is 0.318 e. The zero-order valence-corrected chi connectivity index (χ0v) is 12.8. The van der Waals surface area contributed by atoms with Crippen molar-refractivity contribution in [3.63, 3.8) is 0 Å². The Morgan fingerprint density at radius 1 is 1.14 bits per heavy atom. The van der Waals surface area contributed by atoms with Gasteiger partial charge in [0.05, 0.1) is 5.69 Å². The highest BCUT2D eigenvalue weighted by Crippen LogP contribution is 2.14. The Hall–Kier alpha value is -2.28. The van der Waals surface area contributed by atoms with Crippen LogP contribution < -0.4 is 16.8 Å². The van der Waals surface area contributed by atoms with E-state index in [1.807, 2.05) is 13.8 Å². The number of nitrogens with one attached hydrogen (secondary N) is 1. The number of benzene rings is 1. The molecule has 0 bridgehead atoms. The van der Waals surface area contributed by atoms with Crippen LogP contribution >= 0.6 is 12.4 Å². The van der Waals surface area contributed by atoms with Gasteiger partial charge in [0.15, 0.2) is 0 Å². The van der Waals surface area contributed by atoms with Gasteiger partial charge in [-0.05, 0) is 38.1 Å². The highest BCUT2D eigenvalue weighted by atomic mass is 35.5. The van der Waals surface area contributed by atoms with Gasteiger partial charge >= 0.3 is 6.03 Å². The van der Waals surface area contributed by atoms with E-state index in [9.17, 15) is 9.59 Å². The number of rotatable bonds is 4. The van der Waals surface area contributed by atoms with Crippen LogP contribution in [0.15, 0.2) is 29.3 Å². The van der Waals surface area contributed by atoms with Crippen molar-refractivity contribution >= 4 is 36.0 Å². The van der Waals surface area contributed by atoms with E-state index >= 15 is 0 Å². The molecule has 0 saturated heterocycles. The predicted octanol–water partition coefficient (Wildman–Crippen LogP) is 1.20. The summed E-state index contributed by atoms with van der Waals surface area (Å²) in [6.07, 6.45) is 0. The third kappa shape index (κ3) is 5.70. The second kappa shape index (κ2) is 8.80.